The topological polar surface area (TPSA) is 57.4 Å². The lowest BCUT2D eigenvalue weighted by Crippen LogP contribution is -2.36. The fourth-order valence-corrected chi connectivity index (χ4v) is 4.51. The summed E-state index contributed by atoms with van der Waals surface area (Å²) in [5.41, 5.74) is 6.56. The van der Waals surface area contributed by atoms with Gasteiger partial charge in [-0.3, -0.25) is 4.79 Å². The van der Waals surface area contributed by atoms with Gasteiger partial charge in [0.25, 0.3) is 5.91 Å². The number of rotatable bonds is 3. The summed E-state index contributed by atoms with van der Waals surface area (Å²) in [4.78, 5) is 18.7. The summed E-state index contributed by atoms with van der Waals surface area (Å²) in [7, 11) is 0. The van der Waals surface area contributed by atoms with Crippen LogP contribution in [-0.2, 0) is 17.6 Å². The van der Waals surface area contributed by atoms with Gasteiger partial charge in [0.2, 0.25) is 0 Å². The first kappa shape index (κ1) is 18.3. The molecular weight excluding hydrogens is 362 g/mol. The molecular formula is C24H27N3O2. The molecule has 1 aliphatic carbocycles. The summed E-state index contributed by atoms with van der Waals surface area (Å²) in [5.74, 6) is 0.633. The quantitative estimate of drug-likeness (QED) is 0.699. The van der Waals surface area contributed by atoms with E-state index in [9.17, 15) is 4.79 Å². The lowest BCUT2D eigenvalue weighted by atomic mass is 9.87. The normalized spacial score (nSPS) is 19.2. The Hall–Kier alpha value is -2.79. The van der Waals surface area contributed by atoms with Gasteiger partial charge in [-0.2, -0.15) is 0 Å². The SMILES string of the molecule is C[C@H]1CCc2[nH]c3ccc(C(=O)Nc4ccc(N5CCOCC5)cc4)cc3c2C1. The molecule has 150 valence electrons. The van der Waals surface area contributed by atoms with Crippen molar-refractivity contribution in [2.75, 3.05) is 36.5 Å². The molecule has 1 aromatic heterocycles. The first-order chi connectivity index (χ1) is 14.2. The molecule has 1 saturated heterocycles. The number of ether oxygens (including phenoxy) is 1. The number of H-pyrrole nitrogens is 1. The van der Waals surface area contributed by atoms with E-state index in [1.807, 2.05) is 30.3 Å². The maximum absolute atomic E-state index is 12.9. The fraction of sp³-hybridized carbons (Fsp3) is 0.375. The number of nitrogens with one attached hydrogen (secondary N) is 2. The second-order valence-electron chi connectivity index (χ2n) is 8.29. The Kier molecular flexibility index (Phi) is 4.76. The molecule has 5 nitrogen and oxygen atoms in total. The number of aromatic nitrogens is 1. The van der Waals surface area contributed by atoms with Gasteiger partial charge in [0.15, 0.2) is 0 Å². The largest absolute Gasteiger partial charge is 0.378 e. The average Bonchev–Trinajstić information content (AvgIpc) is 3.12. The number of nitrogens with zero attached hydrogens (tertiary/aromatic N) is 1. The van der Waals surface area contributed by atoms with Crippen LogP contribution >= 0.6 is 0 Å². The molecule has 2 aromatic carbocycles. The highest BCUT2D eigenvalue weighted by molar-refractivity contribution is 6.06. The third-order valence-corrected chi connectivity index (χ3v) is 6.20. The molecule has 1 amide bonds. The molecule has 5 heteroatoms. The number of anilines is 2. The Morgan fingerprint density at radius 2 is 1.93 bits per heavy atom. The van der Waals surface area contributed by atoms with Crippen LogP contribution in [0.3, 0.4) is 0 Å². The van der Waals surface area contributed by atoms with Crippen LogP contribution in [0.25, 0.3) is 10.9 Å². The van der Waals surface area contributed by atoms with Crippen LogP contribution < -0.4 is 10.2 Å². The molecule has 3 aromatic rings. The maximum Gasteiger partial charge on any atom is 0.255 e. The number of morpholine rings is 1. The van der Waals surface area contributed by atoms with Crippen molar-refractivity contribution in [2.45, 2.75) is 26.2 Å². The van der Waals surface area contributed by atoms with Crippen LogP contribution in [0.4, 0.5) is 11.4 Å². The third-order valence-electron chi connectivity index (χ3n) is 6.20. The van der Waals surface area contributed by atoms with Gasteiger partial charge in [-0.1, -0.05) is 6.92 Å². The van der Waals surface area contributed by atoms with Crippen molar-refractivity contribution in [1.82, 2.24) is 4.98 Å². The number of hydrogen-bond donors (Lipinski definition) is 2. The number of hydrogen-bond acceptors (Lipinski definition) is 3. The number of carbonyl (C=O) groups is 1. The summed E-state index contributed by atoms with van der Waals surface area (Å²) in [6, 6.07) is 14.1. The molecule has 29 heavy (non-hydrogen) atoms. The maximum atomic E-state index is 12.9. The van der Waals surface area contributed by atoms with Crippen LogP contribution in [0.15, 0.2) is 42.5 Å². The number of aromatic amines is 1. The summed E-state index contributed by atoms with van der Waals surface area (Å²) in [6.45, 7) is 5.65. The minimum atomic E-state index is -0.0650. The molecule has 1 atom stereocenters. The van der Waals surface area contributed by atoms with Crippen molar-refractivity contribution in [3.05, 3.63) is 59.3 Å². The van der Waals surface area contributed by atoms with Gasteiger partial charge in [0.05, 0.1) is 13.2 Å². The van der Waals surface area contributed by atoms with Crippen molar-refractivity contribution < 1.29 is 9.53 Å². The smallest absolute Gasteiger partial charge is 0.255 e. The number of aryl methyl sites for hydroxylation is 1. The van der Waals surface area contributed by atoms with Crippen LogP contribution in [0, 0.1) is 5.92 Å². The van der Waals surface area contributed by atoms with E-state index in [-0.39, 0.29) is 5.91 Å². The molecule has 2 heterocycles. The summed E-state index contributed by atoms with van der Waals surface area (Å²) in [6.07, 6.45) is 3.42. The summed E-state index contributed by atoms with van der Waals surface area (Å²) in [5, 5.41) is 4.24. The van der Waals surface area contributed by atoms with E-state index in [4.69, 9.17) is 4.74 Å². The van der Waals surface area contributed by atoms with Crippen molar-refractivity contribution in [1.29, 1.82) is 0 Å². The van der Waals surface area contributed by atoms with Gasteiger partial charge in [-0.05, 0) is 73.2 Å². The highest BCUT2D eigenvalue weighted by atomic mass is 16.5. The Labute approximate surface area is 171 Å². The number of benzene rings is 2. The molecule has 0 radical (unpaired) electrons. The van der Waals surface area contributed by atoms with E-state index in [0.29, 0.717) is 11.5 Å². The number of carbonyl (C=O) groups excluding carboxylic acids is 1. The van der Waals surface area contributed by atoms with Crippen molar-refractivity contribution in [2.24, 2.45) is 5.92 Å². The van der Waals surface area contributed by atoms with Gasteiger partial charge >= 0.3 is 0 Å². The zero-order chi connectivity index (χ0) is 19.8. The van der Waals surface area contributed by atoms with Crippen LogP contribution in [0.1, 0.15) is 35.0 Å². The van der Waals surface area contributed by atoms with E-state index in [1.54, 1.807) is 0 Å². The van der Waals surface area contributed by atoms with E-state index < -0.39 is 0 Å². The van der Waals surface area contributed by atoms with Gasteiger partial charge < -0.3 is 19.9 Å². The first-order valence-corrected chi connectivity index (χ1v) is 10.5. The third kappa shape index (κ3) is 3.62. The van der Waals surface area contributed by atoms with Gasteiger partial charge in [0.1, 0.15) is 0 Å². The van der Waals surface area contributed by atoms with Crippen molar-refractivity contribution >= 4 is 28.2 Å². The molecule has 5 rings (SSSR count). The second kappa shape index (κ2) is 7.56. The number of fused-ring (bicyclic) bond motifs is 3. The minimum absolute atomic E-state index is 0.0650. The van der Waals surface area contributed by atoms with Gasteiger partial charge in [-0.25, -0.2) is 0 Å². The molecule has 0 spiro atoms. The van der Waals surface area contributed by atoms with Crippen LogP contribution in [0.2, 0.25) is 0 Å². The summed E-state index contributed by atoms with van der Waals surface area (Å²) >= 11 is 0. The molecule has 1 aliphatic heterocycles. The van der Waals surface area contributed by atoms with Crippen LogP contribution in [-0.4, -0.2) is 37.2 Å². The Bertz CT molecular complexity index is 1030. The highest BCUT2D eigenvalue weighted by Crippen LogP contribution is 2.32. The summed E-state index contributed by atoms with van der Waals surface area (Å²) < 4.78 is 5.41. The zero-order valence-corrected chi connectivity index (χ0v) is 16.8. The molecule has 2 N–H and O–H groups in total. The molecule has 0 bridgehead atoms. The molecule has 0 unspecified atom stereocenters. The Morgan fingerprint density at radius 3 is 2.72 bits per heavy atom. The standard InChI is InChI=1S/C24H27N3O2/c1-16-2-8-22-20(14-16)21-15-17(3-9-23(21)26-22)24(28)25-18-4-6-19(7-5-18)27-10-12-29-13-11-27/h3-7,9,15-16,26H,2,8,10-14H2,1H3,(H,25,28)/t16-/m0/s1. The predicted octanol–water partition coefficient (Wildman–Crippen LogP) is 4.38. The zero-order valence-electron chi connectivity index (χ0n) is 16.8. The first-order valence-electron chi connectivity index (χ1n) is 10.5. The average molecular weight is 389 g/mol. The predicted molar refractivity (Wildman–Crippen MR) is 117 cm³/mol. The lowest BCUT2D eigenvalue weighted by Gasteiger charge is -2.28. The highest BCUT2D eigenvalue weighted by Gasteiger charge is 2.20. The van der Waals surface area contributed by atoms with E-state index in [2.05, 4.69) is 34.3 Å². The molecule has 2 aliphatic rings. The van der Waals surface area contributed by atoms with Crippen molar-refractivity contribution in [3.8, 4) is 0 Å². The Balaban J connectivity index is 1.34. The minimum Gasteiger partial charge on any atom is -0.378 e. The van der Waals surface area contributed by atoms with E-state index in [1.165, 1.54) is 28.8 Å². The van der Waals surface area contributed by atoms with E-state index in [0.717, 1.165) is 50.3 Å². The van der Waals surface area contributed by atoms with Gasteiger partial charge in [-0.15, -0.1) is 0 Å². The monoisotopic (exact) mass is 389 g/mol. The number of amides is 1. The molecule has 1 fully saturated rings. The lowest BCUT2D eigenvalue weighted by molar-refractivity contribution is 0.102. The van der Waals surface area contributed by atoms with Gasteiger partial charge in [0, 0.05) is 46.6 Å². The second-order valence-corrected chi connectivity index (χ2v) is 8.29. The molecule has 0 saturated carbocycles. The van der Waals surface area contributed by atoms with Crippen LogP contribution in [0.5, 0.6) is 0 Å². The Morgan fingerprint density at radius 1 is 1.14 bits per heavy atom. The van der Waals surface area contributed by atoms with Crippen molar-refractivity contribution in [3.63, 3.8) is 0 Å². The van der Waals surface area contributed by atoms with E-state index >= 15 is 0 Å². The fourth-order valence-electron chi connectivity index (χ4n) is 4.51.